The van der Waals surface area contributed by atoms with Crippen LogP contribution in [0.25, 0.3) is 0 Å². The van der Waals surface area contributed by atoms with Crippen molar-refractivity contribution in [2.24, 2.45) is 10.3 Å². The van der Waals surface area contributed by atoms with E-state index in [4.69, 9.17) is 4.28 Å². The Bertz CT molecular complexity index is 757. The molecule has 0 amide bonds. The molecule has 0 aliphatic carbocycles. The number of hydroxylamine groups is 1. The smallest absolute Gasteiger partial charge is 0.350 e. The molecule has 0 spiro atoms. The highest BCUT2D eigenvalue weighted by molar-refractivity contribution is 7.86. The van der Waals surface area contributed by atoms with E-state index in [-0.39, 0.29) is 4.90 Å². The first-order valence-electron chi connectivity index (χ1n) is 6.63. The van der Waals surface area contributed by atoms with Gasteiger partial charge in [-0.25, -0.2) is 9.59 Å². The second-order valence-corrected chi connectivity index (χ2v) is 6.38. The number of esters is 2. The van der Waals surface area contributed by atoms with Gasteiger partial charge in [0.1, 0.15) is 6.54 Å². The number of hydrogen-bond acceptors (Lipinski definition) is 10. The Morgan fingerprint density at radius 1 is 1.12 bits per heavy atom. The molecule has 1 aliphatic heterocycles. The van der Waals surface area contributed by atoms with Gasteiger partial charge < -0.3 is 9.47 Å². The third-order valence-electron chi connectivity index (χ3n) is 3.30. The number of benzene rings is 1. The summed E-state index contributed by atoms with van der Waals surface area (Å²) in [4.78, 5) is 23.9. The molecule has 11 heteroatoms. The molecule has 1 aliphatic rings. The summed E-state index contributed by atoms with van der Waals surface area (Å²) in [7, 11) is -2.31. The molecule has 0 fully saturated rings. The Labute approximate surface area is 138 Å². The van der Waals surface area contributed by atoms with Crippen LogP contribution in [0.2, 0.25) is 0 Å². The van der Waals surface area contributed by atoms with E-state index in [0.717, 1.165) is 19.8 Å². The van der Waals surface area contributed by atoms with E-state index in [2.05, 4.69) is 19.8 Å². The zero-order chi connectivity index (χ0) is 18.0. The van der Waals surface area contributed by atoms with Gasteiger partial charge in [-0.1, -0.05) is 17.7 Å². The lowest BCUT2D eigenvalue weighted by molar-refractivity contribution is -0.193. The first kappa shape index (κ1) is 17.8. The van der Waals surface area contributed by atoms with E-state index in [1.807, 2.05) is 0 Å². The summed E-state index contributed by atoms with van der Waals surface area (Å²) >= 11 is 0. The monoisotopic (exact) mass is 357 g/mol. The molecule has 0 atom stereocenters. The van der Waals surface area contributed by atoms with E-state index in [0.29, 0.717) is 5.17 Å². The van der Waals surface area contributed by atoms with E-state index >= 15 is 0 Å². The van der Waals surface area contributed by atoms with Crippen LogP contribution in [0.1, 0.15) is 5.56 Å². The fourth-order valence-electron chi connectivity index (χ4n) is 1.95. The molecule has 0 unspecified atom stereocenters. The van der Waals surface area contributed by atoms with E-state index < -0.39 is 34.1 Å². The number of nitrogens with zero attached hydrogens (tertiary/aromatic N) is 3. The molecule has 1 heterocycles. The van der Waals surface area contributed by atoms with Crippen LogP contribution >= 0.6 is 0 Å². The fraction of sp³-hybridized carbons (Fsp3) is 0.385. The topological polar surface area (TPSA) is 124 Å². The van der Waals surface area contributed by atoms with Crippen LogP contribution in [-0.2, 0) is 33.5 Å². The average Bonchev–Trinajstić information content (AvgIpc) is 2.97. The van der Waals surface area contributed by atoms with Crippen molar-refractivity contribution in [3.8, 4) is 0 Å². The van der Waals surface area contributed by atoms with Crippen molar-refractivity contribution < 1.29 is 31.8 Å². The molecular formula is C13H15N3O7S. The van der Waals surface area contributed by atoms with Crippen LogP contribution in [-0.4, -0.2) is 51.8 Å². The van der Waals surface area contributed by atoms with Gasteiger partial charge in [0.2, 0.25) is 0 Å². The molecule has 0 aromatic heterocycles. The van der Waals surface area contributed by atoms with Crippen LogP contribution in [0.4, 0.5) is 0 Å². The van der Waals surface area contributed by atoms with Gasteiger partial charge in [-0.3, -0.25) is 0 Å². The Morgan fingerprint density at radius 2 is 1.67 bits per heavy atom. The largest absolute Gasteiger partial charge is 0.467 e. The SMILES string of the molecule is COC(=O)C1(C(=O)OC)CN=NN1OS(=O)(=O)c1ccc(C)cc1. The normalized spacial score (nSPS) is 16.0. The van der Waals surface area contributed by atoms with Gasteiger partial charge in [-0.15, -0.1) is 9.46 Å². The number of rotatable bonds is 5. The van der Waals surface area contributed by atoms with E-state index in [1.165, 1.54) is 12.1 Å². The van der Waals surface area contributed by atoms with E-state index in [9.17, 15) is 18.0 Å². The highest BCUT2D eigenvalue weighted by Crippen LogP contribution is 2.29. The first-order chi connectivity index (χ1) is 11.3. The van der Waals surface area contributed by atoms with Crippen LogP contribution in [0.15, 0.2) is 39.5 Å². The van der Waals surface area contributed by atoms with Crippen LogP contribution in [0.3, 0.4) is 0 Å². The molecular weight excluding hydrogens is 342 g/mol. The van der Waals surface area contributed by atoms with Gasteiger partial charge in [0.25, 0.3) is 0 Å². The van der Waals surface area contributed by atoms with Crippen molar-refractivity contribution in [1.29, 1.82) is 0 Å². The van der Waals surface area contributed by atoms with Crippen molar-refractivity contribution in [2.75, 3.05) is 20.8 Å². The van der Waals surface area contributed by atoms with Crippen LogP contribution in [0.5, 0.6) is 0 Å². The minimum atomic E-state index is -4.36. The summed E-state index contributed by atoms with van der Waals surface area (Å²) < 4.78 is 38.6. The lowest BCUT2D eigenvalue weighted by Gasteiger charge is -2.28. The third kappa shape index (κ3) is 2.95. The number of carbonyl (C=O) groups excluding carboxylic acids is 2. The van der Waals surface area contributed by atoms with Gasteiger partial charge >= 0.3 is 27.6 Å². The Kier molecular flexibility index (Phi) is 4.85. The Morgan fingerprint density at radius 3 is 2.17 bits per heavy atom. The number of hydrogen-bond donors (Lipinski definition) is 0. The Hall–Kier alpha value is -2.53. The molecule has 1 aromatic rings. The molecule has 24 heavy (non-hydrogen) atoms. The quantitative estimate of drug-likeness (QED) is 0.547. The van der Waals surface area contributed by atoms with Gasteiger partial charge in [0.15, 0.2) is 0 Å². The van der Waals surface area contributed by atoms with Crippen molar-refractivity contribution in [3.63, 3.8) is 0 Å². The second-order valence-electron chi connectivity index (χ2n) is 4.85. The zero-order valence-electron chi connectivity index (χ0n) is 13.1. The number of ether oxygens (including phenoxy) is 2. The predicted molar refractivity (Wildman–Crippen MR) is 77.8 cm³/mol. The van der Waals surface area contributed by atoms with Gasteiger partial charge in [-0.2, -0.15) is 13.5 Å². The lowest BCUT2D eigenvalue weighted by Crippen LogP contribution is -2.59. The van der Waals surface area contributed by atoms with Crippen molar-refractivity contribution in [1.82, 2.24) is 5.17 Å². The van der Waals surface area contributed by atoms with Gasteiger partial charge in [0, 0.05) is 0 Å². The molecule has 10 nitrogen and oxygen atoms in total. The second kappa shape index (κ2) is 6.53. The molecule has 130 valence electrons. The molecule has 0 radical (unpaired) electrons. The third-order valence-corrected chi connectivity index (χ3v) is 4.48. The van der Waals surface area contributed by atoms with Crippen molar-refractivity contribution in [3.05, 3.63) is 29.8 Å². The molecule has 0 N–H and O–H groups in total. The average molecular weight is 357 g/mol. The summed E-state index contributed by atoms with van der Waals surface area (Å²) in [5, 5.41) is 7.21. The van der Waals surface area contributed by atoms with Crippen molar-refractivity contribution in [2.45, 2.75) is 17.4 Å². The minimum Gasteiger partial charge on any atom is -0.467 e. The van der Waals surface area contributed by atoms with Crippen LogP contribution < -0.4 is 0 Å². The summed E-state index contributed by atoms with van der Waals surface area (Å²) in [6.07, 6.45) is 0. The van der Waals surface area contributed by atoms with Crippen LogP contribution in [0, 0.1) is 6.92 Å². The first-order valence-corrected chi connectivity index (χ1v) is 8.04. The molecule has 0 bridgehead atoms. The predicted octanol–water partition coefficient (Wildman–Crippen LogP) is 0.383. The number of aryl methyl sites for hydroxylation is 1. The zero-order valence-corrected chi connectivity index (χ0v) is 13.9. The molecule has 0 saturated carbocycles. The summed E-state index contributed by atoms with van der Waals surface area (Å²) in [6.45, 7) is 1.28. The lowest BCUT2D eigenvalue weighted by atomic mass is 10.0. The highest BCUT2D eigenvalue weighted by Gasteiger charge is 2.60. The molecule has 0 saturated heterocycles. The summed E-state index contributed by atoms with van der Waals surface area (Å²) in [5.41, 5.74) is -1.42. The molecule has 2 rings (SSSR count). The maximum absolute atomic E-state index is 12.3. The maximum atomic E-state index is 12.3. The number of methoxy groups -OCH3 is 2. The summed E-state index contributed by atoms with van der Waals surface area (Å²) in [5.74, 6) is -2.23. The Balaban J connectivity index is 2.38. The van der Waals surface area contributed by atoms with E-state index in [1.54, 1.807) is 19.1 Å². The van der Waals surface area contributed by atoms with Gasteiger partial charge in [0.05, 0.1) is 19.1 Å². The fourth-order valence-corrected chi connectivity index (χ4v) is 2.85. The molecule has 1 aromatic carbocycles. The summed E-state index contributed by atoms with van der Waals surface area (Å²) in [6, 6.07) is 5.76. The highest BCUT2D eigenvalue weighted by atomic mass is 32.2. The number of carbonyl (C=O) groups is 2. The maximum Gasteiger partial charge on any atom is 0.350 e. The standard InChI is InChI=1S/C13H15N3O7S/c1-9-4-6-10(7-5-9)24(19,20)23-16-13(8-14-15-16,11(17)21-2)12(18)22-3/h4-7H,8H2,1-3H3. The van der Waals surface area contributed by atoms with Gasteiger partial charge in [-0.05, 0) is 24.3 Å². The van der Waals surface area contributed by atoms with Crippen molar-refractivity contribution >= 4 is 22.1 Å². The minimum absolute atomic E-state index is 0.182.